The van der Waals surface area contributed by atoms with Crippen LogP contribution in [0.4, 0.5) is 5.69 Å². The van der Waals surface area contributed by atoms with Gasteiger partial charge in [0.2, 0.25) is 11.9 Å². The number of carbonyl (C=O) groups excluding carboxylic acids is 2. The highest BCUT2D eigenvalue weighted by Crippen LogP contribution is 2.33. The fraction of sp³-hybridized carbons (Fsp3) is 0.190. The second kappa shape index (κ2) is 7.19. The molecule has 1 aliphatic heterocycles. The molecule has 0 saturated heterocycles. The summed E-state index contributed by atoms with van der Waals surface area (Å²) in [5.74, 6) is 1.02. The zero-order chi connectivity index (χ0) is 19.7. The highest BCUT2D eigenvalue weighted by molar-refractivity contribution is 6.07. The molecule has 28 heavy (non-hydrogen) atoms. The molecule has 7 nitrogen and oxygen atoms in total. The minimum absolute atomic E-state index is 0.181. The van der Waals surface area contributed by atoms with Crippen molar-refractivity contribution in [2.24, 2.45) is 7.05 Å². The van der Waals surface area contributed by atoms with Gasteiger partial charge >= 0.3 is 0 Å². The van der Waals surface area contributed by atoms with Crippen LogP contribution in [0.2, 0.25) is 0 Å². The molecule has 0 unspecified atom stereocenters. The third-order valence-electron chi connectivity index (χ3n) is 4.54. The van der Waals surface area contributed by atoms with Gasteiger partial charge in [-0.2, -0.15) is 0 Å². The molecule has 0 radical (unpaired) electrons. The number of hydrogen-bond acceptors (Lipinski definition) is 5. The third-order valence-corrected chi connectivity index (χ3v) is 4.54. The van der Waals surface area contributed by atoms with Crippen molar-refractivity contribution in [2.45, 2.75) is 19.1 Å². The number of fused-ring (bicyclic) bond motifs is 1. The molecule has 3 aromatic rings. The molecule has 2 heterocycles. The summed E-state index contributed by atoms with van der Waals surface area (Å²) in [5, 5.41) is 2.81. The SMILES string of the molecule is C[C@H]1Oc2ccccc2O[C@H]1C(=O)Nc1ccc(C(=O)c2nccn2C)cc1. The van der Waals surface area contributed by atoms with E-state index in [0.29, 0.717) is 28.6 Å². The van der Waals surface area contributed by atoms with Crippen molar-refractivity contribution in [3.8, 4) is 11.5 Å². The summed E-state index contributed by atoms with van der Waals surface area (Å²) in [4.78, 5) is 29.2. The van der Waals surface area contributed by atoms with Crippen LogP contribution < -0.4 is 14.8 Å². The number of ketones is 1. The van der Waals surface area contributed by atoms with Crippen molar-refractivity contribution >= 4 is 17.4 Å². The number of benzene rings is 2. The van der Waals surface area contributed by atoms with Crippen LogP contribution in [0, 0.1) is 0 Å². The zero-order valence-electron chi connectivity index (χ0n) is 15.5. The Morgan fingerprint density at radius 3 is 2.36 bits per heavy atom. The number of ether oxygens (including phenoxy) is 2. The Hall–Kier alpha value is -3.61. The van der Waals surface area contributed by atoms with Crippen LogP contribution in [0.3, 0.4) is 0 Å². The first-order chi connectivity index (χ1) is 13.5. The molecule has 1 amide bonds. The number of carbonyl (C=O) groups is 2. The Balaban J connectivity index is 1.45. The summed E-state index contributed by atoms with van der Waals surface area (Å²) in [7, 11) is 1.76. The first-order valence-corrected chi connectivity index (χ1v) is 8.88. The smallest absolute Gasteiger partial charge is 0.269 e. The largest absolute Gasteiger partial charge is 0.482 e. The first-order valence-electron chi connectivity index (χ1n) is 8.88. The Bertz CT molecular complexity index is 1030. The number of aromatic nitrogens is 2. The van der Waals surface area contributed by atoms with Crippen LogP contribution in [0.5, 0.6) is 11.5 Å². The zero-order valence-corrected chi connectivity index (χ0v) is 15.5. The van der Waals surface area contributed by atoms with Gasteiger partial charge in [-0.05, 0) is 43.3 Å². The van der Waals surface area contributed by atoms with E-state index in [9.17, 15) is 9.59 Å². The topological polar surface area (TPSA) is 82.4 Å². The summed E-state index contributed by atoms with van der Waals surface area (Å²) >= 11 is 0. The fourth-order valence-electron chi connectivity index (χ4n) is 3.04. The van der Waals surface area contributed by atoms with Crippen molar-refractivity contribution in [3.63, 3.8) is 0 Å². The van der Waals surface area contributed by atoms with Crippen LogP contribution in [-0.4, -0.2) is 33.4 Å². The normalized spacial score (nSPS) is 17.8. The highest BCUT2D eigenvalue weighted by atomic mass is 16.6. The van der Waals surface area contributed by atoms with E-state index in [0.717, 1.165) is 0 Å². The molecule has 7 heteroatoms. The number of para-hydroxylation sites is 2. The Kier molecular flexibility index (Phi) is 4.57. The average molecular weight is 377 g/mol. The molecule has 0 spiro atoms. The van der Waals surface area contributed by atoms with E-state index < -0.39 is 12.2 Å². The average Bonchev–Trinajstić information content (AvgIpc) is 3.13. The molecule has 0 saturated carbocycles. The molecular formula is C21H19N3O4. The standard InChI is InChI=1S/C21H19N3O4/c1-13-19(28-17-6-4-3-5-16(17)27-13)21(26)23-15-9-7-14(8-10-15)18(25)20-22-11-12-24(20)2/h3-13,19H,1-2H3,(H,23,26)/t13-,19-/m1/s1. The number of imidazole rings is 1. The van der Waals surface area contributed by atoms with E-state index in [4.69, 9.17) is 9.47 Å². The number of hydrogen-bond donors (Lipinski definition) is 1. The van der Waals surface area contributed by atoms with Crippen LogP contribution in [0.25, 0.3) is 0 Å². The van der Waals surface area contributed by atoms with Gasteiger partial charge in [0.25, 0.3) is 5.91 Å². The van der Waals surface area contributed by atoms with Gasteiger partial charge in [-0.1, -0.05) is 12.1 Å². The number of nitrogens with zero attached hydrogens (tertiary/aromatic N) is 2. The Morgan fingerprint density at radius 2 is 1.71 bits per heavy atom. The molecule has 0 fully saturated rings. The summed E-state index contributed by atoms with van der Waals surface area (Å²) in [5.41, 5.74) is 1.06. The Labute approximate surface area is 161 Å². The minimum atomic E-state index is -0.774. The lowest BCUT2D eigenvalue weighted by molar-refractivity contribution is -0.128. The summed E-state index contributed by atoms with van der Waals surface area (Å²) in [6, 6.07) is 13.9. The lowest BCUT2D eigenvalue weighted by atomic mass is 10.1. The molecule has 4 rings (SSSR count). The summed E-state index contributed by atoms with van der Waals surface area (Å²) in [6.07, 6.45) is 2.09. The van der Waals surface area contributed by atoms with E-state index in [2.05, 4.69) is 10.3 Å². The van der Waals surface area contributed by atoms with Gasteiger partial charge in [-0.15, -0.1) is 0 Å². The number of anilines is 1. The molecule has 0 bridgehead atoms. The number of aryl methyl sites for hydroxylation is 1. The molecule has 1 aromatic heterocycles. The van der Waals surface area contributed by atoms with Crippen LogP contribution in [0.1, 0.15) is 23.1 Å². The van der Waals surface area contributed by atoms with Crippen molar-refractivity contribution < 1.29 is 19.1 Å². The molecule has 2 aromatic carbocycles. The lowest BCUT2D eigenvalue weighted by Gasteiger charge is -2.31. The lowest BCUT2D eigenvalue weighted by Crippen LogP contribution is -2.46. The second-order valence-corrected chi connectivity index (χ2v) is 6.57. The number of rotatable bonds is 4. The second-order valence-electron chi connectivity index (χ2n) is 6.57. The molecule has 1 aliphatic rings. The van der Waals surface area contributed by atoms with Gasteiger partial charge < -0.3 is 19.4 Å². The van der Waals surface area contributed by atoms with Gasteiger partial charge in [0.15, 0.2) is 17.3 Å². The first kappa shape index (κ1) is 17.8. The highest BCUT2D eigenvalue weighted by Gasteiger charge is 2.34. The monoisotopic (exact) mass is 377 g/mol. The molecule has 142 valence electrons. The van der Waals surface area contributed by atoms with E-state index in [1.54, 1.807) is 67.3 Å². The molecular weight excluding hydrogens is 358 g/mol. The predicted octanol–water partition coefficient (Wildman–Crippen LogP) is 2.82. The molecule has 1 N–H and O–H groups in total. The maximum Gasteiger partial charge on any atom is 0.269 e. The quantitative estimate of drug-likeness (QED) is 0.707. The molecule has 0 aliphatic carbocycles. The minimum Gasteiger partial charge on any atom is -0.482 e. The van der Waals surface area contributed by atoms with E-state index >= 15 is 0 Å². The van der Waals surface area contributed by atoms with E-state index in [1.807, 2.05) is 12.1 Å². The maximum absolute atomic E-state index is 12.6. The van der Waals surface area contributed by atoms with Gasteiger partial charge in [-0.3, -0.25) is 9.59 Å². The van der Waals surface area contributed by atoms with Crippen molar-refractivity contribution in [1.82, 2.24) is 9.55 Å². The summed E-state index contributed by atoms with van der Waals surface area (Å²) in [6.45, 7) is 1.79. The van der Waals surface area contributed by atoms with Gasteiger partial charge in [0, 0.05) is 30.7 Å². The van der Waals surface area contributed by atoms with Crippen LogP contribution >= 0.6 is 0 Å². The van der Waals surface area contributed by atoms with Crippen molar-refractivity contribution in [1.29, 1.82) is 0 Å². The fourth-order valence-corrected chi connectivity index (χ4v) is 3.04. The van der Waals surface area contributed by atoms with E-state index in [1.165, 1.54) is 0 Å². The van der Waals surface area contributed by atoms with Crippen molar-refractivity contribution in [3.05, 3.63) is 72.3 Å². The van der Waals surface area contributed by atoms with Gasteiger partial charge in [0.05, 0.1) is 0 Å². The number of nitrogens with one attached hydrogen (secondary N) is 1. The maximum atomic E-state index is 12.6. The third kappa shape index (κ3) is 3.34. The van der Waals surface area contributed by atoms with E-state index in [-0.39, 0.29) is 11.7 Å². The van der Waals surface area contributed by atoms with Gasteiger partial charge in [-0.25, -0.2) is 4.98 Å². The van der Waals surface area contributed by atoms with Gasteiger partial charge in [0.1, 0.15) is 6.10 Å². The van der Waals surface area contributed by atoms with Crippen molar-refractivity contribution in [2.75, 3.05) is 5.32 Å². The Morgan fingerprint density at radius 1 is 1.04 bits per heavy atom. The van der Waals surface area contributed by atoms with Crippen LogP contribution in [0.15, 0.2) is 60.9 Å². The summed E-state index contributed by atoms with van der Waals surface area (Å²) < 4.78 is 13.2. The van der Waals surface area contributed by atoms with Crippen LogP contribution in [-0.2, 0) is 11.8 Å². The molecule has 2 atom stereocenters. The number of amides is 1. The predicted molar refractivity (Wildman–Crippen MR) is 103 cm³/mol.